The third-order valence-electron chi connectivity index (χ3n) is 1.85. The molecule has 0 saturated heterocycles. The second-order valence-electron chi connectivity index (χ2n) is 2.58. The number of hydrogen-bond donors (Lipinski definition) is 1. The zero-order chi connectivity index (χ0) is 9.42. The van der Waals surface area contributed by atoms with Crippen LogP contribution in [0.5, 0.6) is 11.5 Å². The lowest BCUT2D eigenvalue weighted by molar-refractivity contribution is 0.414. The molecule has 2 rings (SSSR count). The van der Waals surface area contributed by atoms with Crippen molar-refractivity contribution in [1.82, 2.24) is 0 Å². The maximum absolute atomic E-state index is 9.31. The molecule has 68 valence electrons. The van der Waals surface area contributed by atoms with E-state index in [2.05, 4.69) is 0 Å². The van der Waals surface area contributed by atoms with Crippen molar-refractivity contribution in [2.75, 3.05) is 7.11 Å². The van der Waals surface area contributed by atoms with Crippen LogP contribution in [-0.4, -0.2) is 12.2 Å². The van der Waals surface area contributed by atoms with Crippen LogP contribution >= 0.6 is 11.6 Å². The van der Waals surface area contributed by atoms with Crippen molar-refractivity contribution in [3.63, 3.8) is 0 Å². The first kappa shape index (κ1) is 8.26. The summed E-state index contributed by atoms with van der Waals surface area (Å²) in [7, 11) is 1.52. The number of rotatable bonds is 1. The Morgan fingerprint density at radius 3 is 2.92 bits per heavy atom. The molecule has 0 bridgehead atoms. The van der Waals surface area contributed by atoms with Crippen LogP contribution in [0.15, 0.2) is 22.8 Å². The summed E-state index contributed by atoms with van der Waals surface area (Å²) >= 11 is 5.93. The molecule has 0 fully saturated rings. The Labute approximate surface area is 79.5 Å². The van der Waals surface area contributed by atoms with Crippen LogP contribution in [0.25, 0.3) is 11.0 Å². The van der Waals surface area contributed by atoms with Gasteiger partial charge in [-0.1, -0.05) is 11.6 Å². The van der Waals surface area contributed by atoms with E-state index in [9.17, 15) is 5.11 Å². The summed E-state index contributed by atoms with van der Waals surface area (Å²) in [6, 6.07) is 3.37. The molecule has 0 atom stereocenters. The van der Waals surface area contributed by atoms with E-state index in [1.54, 1.807) is 12.1 Å². The fourth-order valence-electron chi connectivity index (χ4n) is 1.19. The summed E-state index contributed by atoms with van der Waals surface area (Å²) in [6.07, 6.45) is 1.25. The van der Waals surface area contributed by atoms with Crippen molar-refractivity contribution < 1.29 is 14.3 Å². The first-order chi connectivity index (χ1) is 6.24. The molecule has 0 amide bonds. The Hall–Kier alpha value is -1.35. The van der Waals surface area contributed by atoms with Crippen LogP contribution in [0.2, 0.25) is 5.02 Å². The smallest absolute Gasteiger partial charge is 0.161 e. The summed E-state index contributed by atoms with van der Waals surface area (Å²) in [5.41, 5.74) is 0.443. The zero-order valence-electron chi connectivity index (χ0n) is 6.87. The van der Waals surface area contributed by atoms with E-state index in [4.69, 9.17) is 20.8 Å². The van der Waals surface area contributed by atoms with Crippen molar-refractivity contribution in [2.24, 2.45) is 0 Å². The van der Waals surface area contributed by atoms with E-state index in [1.807, 2.05) is 0 Å². The van der Waals surface area contributed by atoms with Gasteiger partial charge in [-0.15, -0.1) is 0 Å². The zero-order valence-corrected chi connectivity index (χ0v) is 7.63. The Bertz CT molecular complexity index is 447. The molecule has 0 spiro atoms. The molecule has 4 heteroatoms. The third kappa shape index (κ3) is 1.12. The number of ether oxygens (including phenoxy) is 1. The predicted molar refractivity (Wildman–Crippen MR) is 49.4 cm³/mol. The monoisotopic (exact) mass is 198 g/mol. The van der Waals surface area contributed by atoms with Gasteiger partial charge in [-0.05, 0) is 12.1 Å². The van der Waals surface area contributed by atoms with Gasteiger partial charge in [0.2, 0.25) is 0 Å². The van der Waals surface area contributed by atoms with Gasteiger partial charge in [-0.2, -0.15) is 0 Å². The molecular formula is C9H7ClO3. The average Bonchev–Trinajstić information content (AvgIpc) is 2.50. The van der Waals surface area contributed by atoms with Gasteiger partial charge >= 0.3 is 0 Å². The highest BCUT2D eigenvalue weighted by atomic mass is 35.5. The van der Waals surface area contributed by atoms with E-state index < -0.39 is 0 Å². The van der Waals surface area contributed by atoms with E-state index >= 15 is 0 Å². The van der Waals surface area contributed by atoms with Crippen LogP contribution < -0.4 is 4.74 Å². The molecule has 13 heavy (non-hydrogen) atoms. The highest BCUT2D eigenvalue weighted by Crippen LogP contribution is 2.37. The van der Waals surface area contributed by atoms with Gasteiger partial charge in [-0.25, -0.2) is 0 Å². The molecule has 0 unspecified atom stereocenters. The molecule has 3 nitrogen and oxygen atoms in total. The number of furan rings is 1. The second-order valence-corrected chi connectivity index (χ2v) is 2.96. The van der Waals surface area contributed by atoms with Crippen LogP contribution in [0.1, 0.15) is 0 Å². The van der Waals surface area contributed by atoms with E-state index in [1.165, 1.54) is 13.4 Å². The Morgan fingerprint density at radius 2 is 2.23 bits per heavy atom. The van der Waals surface area contributed by atoms with Gasteiger partial charge in [0.25, 0.3) is 0 Å². The predicted octanol–water partition coefficient (Wildman–Crippen LogP) is 2.80. The van der Waals surface area contributed by atoms with Gasteiger partial charge in [0.15, 0.2) is 11.3 Å². The minimum absolute atomic E-state index is 0.0829. The van der Waals surface area contributed by atoms with Gasteiger partial charge in [0.05, 0.1) is 12.5 Å². The highest BCUT2D eigenvalue weighted by molar-refractivity contribution is 6.36. The number of aromatic hydroxyl groups is 1. The number of hydrogen-bond acceptors (Lipinski definition) is 3. The highest BCUT2D eigenvalue weighted by Gasteiger charge is 2.11. The molecule has 1 aromatic carbocycles. The molecule has 0 aliphatic rings. The topological polar surface area (TPSA) is 42.6 Å². The van der Waals surface area contributed by atoms with E-state index in [0.29, 0.717) is 21.7 Å². The third-order valence-corrected chi connectivity index (χ3v) is 2.20. The van der Waals surface area contributed by atoms with Crippen LogP contribution in [-0.2, 0) is 0 Å². The van der Waals surface area contributed by atoms with E-state index in [0.717, 1.165) is 0 Å². The Balaban J connectivity index is 2.80. The lowest BCUT2D eigenvalue weighted by atomic mass is 10.2. The number of benzene rings is 1. The quantitative estimate of drug-likeness (QED) is 0.766. The molecule has 0 aliphatic heterocycles. The van der Waals surface area contributed by atoms with E-state index in [-0.39, 0.29) is 5.75 Å². The van der Waals surface area contributed by atoms with Gasteiger partial charge in [-0.3, -0.25) is 0 Å². The fraction of sp³-hybridized carbons (Fsp3) is 0.111. The summed E-state index contributed by atoms with van der Waals surface area (Å²) in [4.78, 5) is 0. The summed E-state index contributed by atoms with van der Waals surface area (Å²) in [6.45, 7) is 0. The molecule has 1 N–H and O–H groups in total. The maximum atomic E-state index is 9.31. The number of methoxy groups -OCH3 is 1. The van der Waals surface area contributed by atoms with Crippen LogP contribution in [0.3, 0.4) is 0 Å². The fourth-order valence-corrected chi connectivity index (χ4v) is 1.48. The SMILES string of the molecule is COc1ccc2c(O)coc2c1Cl. The largest absolute Gasteiger partial charge is 0.504 e. The molecular weight excluding hydrogens is 192 g/mol. The minimum Gasteiger partial charge on any atom is -0.504 e. The maximum Gasteiger partial charge on any atom is 0.161 e. The summed E-state index contributed by atoms with van der Waals surface area (Å²) in [5, 5.41) is 10.3. The summed E-state index contributed by atoms with van der Waals surface area (Å²) in [5.74, 6) is 0.614. The molecule has 2 aromatic rings. The standard InChI is InChI=1S/C9H7ClO3/c1-12-7-3-2-5-6(11)4-13-9(5)8(7)10/h2-4,11H,1H3. The van der Waals surface area contributed by atoms with Crippen molar-refractivity contribution in [2.45, 2.75) is 0 Å². The van der Waals surface area contributed by atoms with Crippen LogP contribution in [0.4, 0.5) is 0 Å². The normalized spacial score (nSPS) is 10.6. The summed E-state index contributed by atoms with van der Waals surface area (Å²) < 4.78 is 10.0. The lowest BCUT2D eigenvalue weighted by Gasteiger charge is -2.01. The lowest BCUT2D eigenvalue weighted by Crippen LogP contribution is -1.83. The van der Waals surface area contributed by atoms with Gasteiger partial charge < -0.3 is 14.3 Å². The number of fused-ring (bicyclic) bond motifs is 1. The Kier molecular flexibility index (Phi) is 1.81. The average molecular weight is 199 g/mol. The molecule has 1 heterocycles. The minimum atomic E-state index is 0.0829. The first-order valence-corrected chi connectivity index (χ1v) is 4.04. The molecule has 0 radical (unpaired) electrons. The molecule has 0 aliphatic carbocycles. The molecule has 1 aromatic heterocycles. The Morgan fingerprint density at radius 1 is 1.46 bits per heavy atom. The van der Waals surface area contributed by atoms with Crippen molar-refractivity contribution in [3.8, 4) is 11.5 Å². The van der Waals surface area contributed by atoms with Crippen LogP contribution in [0, 0.1) is 0 Å². The van der Waals surface area contributed by atoms with Gasteiger partial charge in [0.1, 0.15) is 17.0 Å². The van der Waals surface area contributed by atoms with Gasteiger partial charge in [0, 0.05) is 0 Å². The first-order valence-electron chi connectivity index (χ1n) is 3.66. The van der Waals surface area contributed by atoms with Crippen molar-refractivity contribution in [3.05, 3.63) is 23.4 Å². The van der Waals surface area contributed by atoms with Crippen molar-refractivity contribution >= 4 is 22.6 Å². The number of halogens is 1. The van der Waals surface area contributed by atoms with Crippen molar-refractivity contribution in [1.29, 1.82) is 0 Å². The second kappa shape index (κ2) is 2.85. The molecule has 0 saturated carbocycles.